The molecular weight excluding hydrogens is 354 g/mol. The third-order valence-corrected chi connectivity index (χ3v) is 4.78. The SMILES string of the molecule is CCOC(=O)N1CCN(c2nc(C)cc(Nc3ccc(C(C)C)cc3)n2)CC1. The van der Waals surface area contributed by atoms with Gasteiger partial charge in [0.05, 0.1) is 6.61 Å². The summed E-state index contributed by atoms with van der Waals surface area (Å²) < 4.78 is 5.08. The molecule has 0 unspecified atom stereocenters. The number of hydrogen-bond acceptors (Lipinski definition) is 6. The van der Waals surface area contributed by atoms with Crippen molar-refractivity contribution in [1.82, 2.24) is 14.9 Å². The van der Waals surface area contributed by atoms with Crippen molar-refractivity contribution in [3.8, 4) is 0 Å². The molecule has 1 fully saturated rings. The quantitative estimate of drug-likeness (QED) is 0.844. The van der Waals surface area contributed by atoms with Crippen LogP contribution in [0.1, 0.15) is 37.9 Å². The first kappa shape index (κ1) is 19.9. The highest BCUT2D eigenvalue weighted by Crippen LogP contribution is 2.22. The van der Waals surface area contributed by atoms with Gasteiger partial charge < -0.3 is 19.9 Å². The molecule has 1 saturated heterocycles. The average Bonchev–Trinajstić information content (AvgIpc) is 2.68. The van der Waals surface area contributed by atoms with Gasteiger partial charge in [0.1, 0.15) is 5.82 Å². The van der Waals surface area contributed by atoms with E-state index in [1.54, 1.807) is 4.90 Å². The molecule has 1 aliphatic heterocycles. The van der Waals surface area contributed by atoms with Crippen LogP contribution in [0, 0.1) is 6.92 Å². The molecule has 0 bridgehead atoms. The third kappa shape index (κ3) is 4.91. The van der Waals surface area contributed by atoms with E-state index < -0.39 is 0 Å². The first-order valence-corrected chi connectivity index (χ1v) is 9.85. The molecule has 2 heterocycles. The fraction of sp³-hybridized carbons (Fsp3) is 0.476. The summed E-state index contributed by atoms with van der Waals surface area (Å²) in [5.74, 6) is 1.97. The van der Waals surface area contributed by atoms with Crippen LogP contribution in [-0.2, 0) is 4.74 Å². The molecule has 1 aliphatic rings. The minimum atomic E-state index is -0.250. The van der Waals surface area contributed by atoms with Crippen molar-refractivity contribution in [3.05, 3.63) is 41.6 Å². The number of nitrogens with one attached hydrogen (secondary N) is 1. The van der Waals surface area contributed by atoms with Gasteiger partial charge in [0.2, 0.25) is 5.95 Å². The van der Waals surface area contributed by atoms with Gasteiger partial charge in [-0.15, -0.1) is 0 Å². The topological polar surface area (TPSA) is 70.6 Å². The van der Waals surface area contributed by atoms with Crippen molar-refractivity contribution < 1.29 is 9.53 Å². The Labute approximate surface area is 166 Å². The molecule has 1 aromatic carbocycles. The lowest BCUT2D eigenvalue weighted by Crippen LogP contribution is -2.49. The zero-order valence-electron chi connectivity index (χ0n) is 17.1. The van der Waals surface area contributed by atoms with Crippen LogP contribution in [0.3, 0.4) is 0 Å². The molecule has 1 N–H and O–H groups in total. The normalized spacial score (nSPS) is 14.3. The van der Waals surface area contributed by atoms with Gasteiger partial charge in [-0.05, 0) is 37.5 Å². The van der Waals surface area contributed by atoms with E-state index in [-0.39, 0.29) is 6.09 Å². The predicted molar refractivity (Wildman–Crippen MR) is 111 cm³/mol. The lowest BCUT2D eigenvalue weighted by atomic mass is 10.0. The predicted octanol–water partition coefficient (Wildman–Crippen LogP) is 3.93. The van der Waals surface area contributed by atoms with Crippen LogP contribution in [0.25, 0.3) is 0 Å². The number of rotatable bonds is 5. The molecule has 1 aromatic heterocycles. The van der Waals surface area contributed by atoms with Crippen molar-refractivity contribution in [2.45, 2.75) is 33.6 Å². The monoisotopic (exact) mass is 383 g/mol. The summed E-state index contributed by atoms with van der Waals surface area (Å²) in [5, 5.41) is 3.37. The van der Waals surface area contributed by atoms with Gasteiger partial charge in [-0.2, -0.15) is 4.98 Å². The molecule has 0 saturated carbocycles. The maximum Gasteiger partial charge on any atom is 0.409 e. The number of aryl methyl sites for hydroxylation is 1. The van der Waals surface area contributed by atoms with Gasteiger partial charge in [-0.1, -0.05) is 26.0 Å². The van der Waals surface area contributed by atoms with E-state index in [1.807, 2.05) is 19.9 Å². The van der Waals surface area contributed by atoms with E-state index in [2.05, 4.69) is 58.3 Å². The average molecular weight is 383 g/mol. The molecule has 1 amide bonds. The number of amides is 1. The first-order chi connectivity index (χ1) is 13.5. The number of hydrogen-bond donors (Lipinski definition) is 1. The summed E-state index contributed by atoms with van der Waals surface area (Å²) in [7, 11) is 0. The number of ether oxygens (including phenoxy) is 1. The van der Waals surface area contributed by atoms with E-state index in [0.717, 1.165) is 17.2 Å². The summed E-state index contributed by atoms with van der Waals surface area (Å²) in [6.45, 7) is 11.1. The molecule has 0 spiro atoms. The highest BCUT2D eigenvalue weighted by Gasteiger charge is 2.23. The third-order valence-electron chi connectivity index (χ3n) is 4.78. The lowest BCUT2D eigenvalue weighted by molar-refractivity contribution is 0.105. The van der Waals surface area contributed by atoms with Crippen molar-refractivity contribution in [2.24, 2.45) is 0 Å². The highest BCUT2D eigenvalue weighted by molar-refractivity contribution is 5.68. The zero-order chi connectivity index (χ0) is 20.1. The van der Waals surface area contributed by atoms with Crippen molar-refractivity contribution in [2.75, 3.05) is 43.0 Å². The van der Waals surface area contributed by atoms with Gasteiger partial charge in [0.25, 0.3) is 0 Å². The molecule has 28 heavy (non-hydrogen) atoms. The summed E-state index contributed by atoms with van der Waals surface area (Å²) >= 11 is 0. The zero-order valence-corrected chi connectivity index (χ0v) is 17.1. The van der Waals surface area contributed by atoms with E-state index in [9.17, 15) is 4.79 Å². The van der Waals surface area contributed by atoms with Gasteiger partial charge in [-0.3, -0.25) is 0 Å². The van der Waals surface area contributed by atoms with E-state index in [4.69, 9.17) is 4.74 Å². The summed E-state index contributed by atoms with van der Waals surface area (Å²) in [6, 6.07) is 10.4. The molecule has 2 aromatic rings. The van der Waals surface area contributed by atoms with Gasteiger partial charge >= 0.3 is 6.09 Å². The van der Waals surface area contributed by atoms with Crippen molar-refractivity contribution >= 4 is 23.5 Å². The number of benzene rings is 1. The van der Waals surface area contributed by atoms with Crippen LogP contribution in [0.4, 0.5) is 22.2 Å². The van der Waals surface area contributed by atoms with E-state index >= 15 is 0 Å². The molecule has 150 valence electrons. The van der Waals surface area contributed by atoms with E-state index in [0.29, 0.717) is 44.7 Å². The molecule has 3 rings (SSSR count). The standard InChI is InChI=1S/C21H29N5O2/c1-5-28-21(27)26-12-10-25(11-13-26)20-22-16(4)14-19(24-20)23-18-8-6-17(7-9-18)15(2)3/h6-9,14-15H,5,10-13H2,1-4H3,(H,22,23,24). The second-order valence-electron chi connectivity index (χ2n) is 7.27. The molecule has 0 atom stereocenters. The molecule has 0 aliphatic carbocycles. The summed E-state index contributed by atoms with van der Waals surface area (Å²) in [4.78, 5) is 25.0. The number of nitrogens with zero attached hydrogens (tertiary/aromatic N) is 4. The Morgan fingerprint density at radius 3 is 2.43 bits per heavy atom. The summed E-state index contributed by atoms with van der Waals surface area (Å²) in [5.41, 5.74) is 3.21. The van der Waals surface area contributed by atoms with Crippen LogP contribution in [0.2, 0.25) is 0 Å². The van der Waals surface area contributed by atoms with Gasteiger partial charge in [-0.25, -0.2) is 9.78 Å². The molecule has 0 radical (unpaired) electrons. The summed E-state index contributed by atoms with van der Waals surface area (Å²) in [6.07, 6.45) is -0.250. The first-order valence-electron chi connectivity index (χ1n) is 9.85. The van der Waals surface area contributed by atoms with E-state index in [1.165, 1.54) is 5.56 Å². The Kier molecular flexibility index (Phi) is 6.34. The Hall–Kier alpha value is -2.83. The minimum absolute atomic E-state index is 0.250. The number of aromatic nitrogens is 2. The maximum absolute atomic E-state index is 11.9. The largest absolute Gasteiger partial charge is 0.450 e. The van der Waals surface area contributed by atoms with Crippen LogP contribution in [0.15, 0.2) is 30.3 Å². The Bertz CT molecular complexity index is 799. The Balaban J connectivity index is 1.67. The number of carbonyl (C=O) groups is 1. The fourth-order valence-corrected chi connectivity index (χ4v) is 3.16. The second-order valence-corrected chi connectivity index (χ2v) is 7.27. The van der Waals surface area contributed by atoms with Crippen molar-refractivity contribution in [3.63, 3.8) is 0 Å². The van der Waals surface area contributed by atoms with Crippen molar-refractivity contribution in [1.29, 1.82) is 0 Å². The van der Waals surface area contributed by atoms with Gasteiger partial charge in [0.15, 0.2) is 0 Å². The number of piperazine rings is 1. The number of carbonyl (C=O) groups excluding carboxylic acids is 1. The van der Waals surface area contributed by atoms with Crippen LogP contribution >= 0.6 is 0 Å². The van der Waals surface area contributed by atoms with Crippen LogP contribution in [-0.4, -0.2) is 53.7 Å². The van der Waals surface area contributed by atoms with Crippen LogP contribution in [0.5, 0.6) is 0 Å². The molecule has 7 heteroatoms. The fourth-order valence-electron chi connectivity index (χ4n) is 3.16. The Morgan fingerprint density at radius 2 is 1.82 bits per heavy atom. The van der Waals surface area contributed by atoms with Gasteiger partial charge in [0, 0.05) is 43.6 Å². The minimum Gasteiger partial charge on any atom is -0.450 e. The second kappa shape index (κ2) is 8.91. The maximum atomic E-state index is 11.9. The Morgan fingerprint density at radius 1 is 1.14 bits per heavy atom. The molecule has 7 nitrogen and oxygen atoms in total. The number of anilines is 3. The highest BCUT2D eigenvalue weighted by atomic mass is 16.6. The molecular formula is C21H29N5O2. The van der Waals surface area contributed by atoms with Crippen LogP contribution < -0.4 is 10.2 Å². The lowest BCUT2D eigenvalue weighted by Gasteiger charge is -2.34. The smallest absolute Gasteiger partial charge is 0.409 e.